The molecule has 1 aromatic carbocycles. The highest BCUT2D eigenvalue weighted by Crippen LogP contribution is 2.17. The van der Waals surface area contributed by atoms with Crippen molar-refractivity contribution in [3.8, 4) is 0 Å². The molecule has 3 rings (SSSR count). The third kappa shape index (κ3) is 2.11. The molecule has 0 saturated heterocycles. The second-order valence-corrected chi connectivity index (χ2v) is 4.50. The Kier molecular flexibility index (Phi) is 2.90. The van der Waals surface area contributed by atoms with E-state index < -0.39 is 5.97 Å². The molecule has 0 aliphatic rings. The van der Waals surface area contributed by atoms with E-state index in [0.29, 0.717) is 17.6 Å². The molecule has 0 amide bonds. The predicted molar refractivity (Wildman–Crippen MR) is 72.6 cm³/mol. The predicted octanol–water partition coefficient (Wildman–Crippen LogP) is 1.88. The molecule has 0 unspecified atom stereocenters. The number of rotatable bonds is 3. The van der Waals surface area contributed by atoms with Crippen molar-refractivity contribution < 1.29 is 9.90 Å². The van der Waals surface area contributed by atoms with E-state index in [1.165, 1.54) is 0 Å². The van der Waals surface area contributed by atoms with Crippen molar-refractivity contribution in [3.63, 3.8) is 0 Å². The van der Waals surface area contributed by atoms with Crippen molar-refractivity contribution in [1.82, 2.24) is 20.0 Å². The molecular formula is C14H12N4O2. The van der Waals surface area contributed by atoms with Gasteiger partial charge < -0.3 is 5.11 Å². The molecule has 0 radical (unpaired) electrons. The summed E-state index contributed by atoms with van der Waals surface area (Å²) in [6.07, 6.45) is 0. The van der Waals surface area contributed by atoms with Gasteiger partial charge in [0.05, 0.1) is 17.8 Å². The fraction of sp³-hybridized carbons (Fsp3) is 0.143. The lowest BCUT2D eigenvalue weighted by molar-refractivity contribution is 0.0698. The lowest BCUT2D eigenvalue weighted by atomic mass is 10.2. The van der Waals surface area contributed by atoms with Gasteiger partial charge in [-0.2, -0.15) is 0 Å². The fourth-order valence-corrected chi connectivity index (χ4v) is 2.15. The Hall–Kier alpha value is -2.76. The molecule has 2 heterocycles. The Labute approximate surface area is 114 Å². The fourth-order valence-electron chi connectivity index (χ4n) is 2.15. The summed E-state index contributed by atoms with van der Waals surface area (Å²) < 4.78 is 1.57. The number of carbonyl (C=O) groups is 1. The Morgan fingerprint density at radius 2 is 2.05 bits per heavy atom. The lowest BCUT2D eigenvalue weighted by Crippen LogP contribution is -2.07. The molecule has 0 fully saturated rings. The summed E-state index contributed by atoms with van der Waals surface area (Å²) in [5.74, 6) is -0.989. The molecule has 0 atom stereocenters. The van der Waals surface area contributed by atoms with Crippen LogP contribution in [0, 0.1) is 6.92 Å². The van der Waals surface area contributed by atoms with E-state index in [9.17, 15) is 9.90 Å². The Balaban J connectivity index is 2.10. The quantitative estimate of drug-likeness (QED) is 0.784. The van der Waals surface area contributed by atoms with Gasteiger partial charge in [-0.3, -0.25) is 4.98 Å². The highest BCUT2D eigenvalue weighted by molar-refractivity contribution is 6.00. The molecule has 0 aliphatic heterocycles. The molecular weight excluding hydrogens is 256 g/mol. The number of hydrogen-bond acceptors (Lipinski definition) is 4. The van der Waals surface area contributed by atoms with Crippen molar-refractivity contribution in [2.45, 2.75) is 13.5 Å². The number of carboxylic acid groups (broad SMARTS) is 1. The number of para-hydroxylation sites is 1. The van der Waals surface area contributed by atoms with Crippen molar-refractivity contribution in [1.29, 1.82) is 0 Å². The molecule has 6 heteroatoms. The standard InChI is InChI=1S/C14H12N4O2/c1-9-4-2-5-10(15-9)8-18-13-11(14(19)20)6-3-7-12(13)16-17-18/h2-7H,8H2,1H3,(H,19,20). The molecule has 100 valence electrons. The first kappa shape index (κ1) is 12.3. The smallest absolute Gasteiger partial charge is 0.337 e. The third-order valence-electron chi connectivity index (χ3n) is 3.02. The molecule has 0 aliphatic carbocycles. The van der Waals surface area contributed by atoms with Crippen LogP contribution in [0.1, 0.15) is 21.7 Å². The van der Waals surface area contributed by atoms with Crippen LogP contribution in [0.4, 0.5) is 0 Å². The van der Waals surface area contributed by atoms with Gasteiger partial charge in [0.15, 0.2) is 0 Å². The van der Waals surface area contributed by atoms with E-state index in [1.807, 2.05) is 25.1 Å². The van der Waals surface area contributed by atoms with Gasteiger partial charge in [-0.1, -0.05) is 17.3 Å². The first-order chi connectivity index (χ1) is 9.65. The summed E-state index contributed by atoms with van der Waals surface area (Å²) in [5, 5.41) is 17.3. The third-order valence-corrected chi connectivity index (χ3v) is 3.02. The van der Waals surface area contributed by atoms with Gasteiger partial charge in [0.25, 0.3) is 0 Å². The largest absolute Gasteiger partial charge is 0.478 e. The number of aromatic nitrogens is 4. The van der Waals surface area contributed by atoms with Crippen LogP contribution in [0.3, 0.4) is 0 Å². The number of nitrogens with zero attached hydrogens (tertiary/aromatic N) is 4. The van der Waals surface area contributed by atoms with Gasteiger partial charge in [0.1, 0.15) is 11.0 Å². The summed E-state index contributed by atoms with van der Waals surface area (Å²) in [6, 6.07) is 10.7. The minimum Gasteiger partial charge on any atom is -0.478 e. The van der Waals surface area contributed by atoms with Crippen LogP contribution in [0.15, 0.2) is 36.4 Å². The maximum atomic E-state index is 11.3. The van der Waals surface area contributed by atoms with Gasteiger partial charge in [-0.25, -0.2) is 9.48 Å². The van der Waals surface area contributed by atoms with Gasteiger partial charge in [-0.15, -0.1) is 5.10 Å². The zero-order chi connectivity index (χ0) is 14.1. The monoisotopic (exact) mass is 268 g/mol. The molecule has 0 bridgehead atoms. The average molecular weight is 268 g/mol. The maximum Gasteiger partial charge on any atom is 0.337 e. The molecule has 1 N–H and O–H groups in total. The molecule has 20 heavy (non-hydrogen) atoms. The van der Waals surface area contributed by atoms with E-state index in [0.717, 1.165) is 11.4 Å². The van der Waals surface area contributed by atoms with E-state index in [2.05, 4.69) is 15.3 Å². The Morgan fingerprint density at radius 1 is 1.25 bits per heavy atom. The highest BCUT2D eigenvalue weighted by atomic mass is 16.4. The van der Waals surface area contributed by atoms with Gasteiger partial charge in [0.2, 0.25) is 0 Å². The summed E-state index contributed by atoms with van der Waals surface area (Å²) >= 11 is 0. The molecule has 0 spiro atoms. The zero-order valence-electron chi connectivity index (χ0n) is 10.8. The number of hydrogen-bond donors (Lipinski definition) is 1. The van der Waals surface area contributed by atoms with Crippen LogP contribution in [0.2, 0.25) is 0 Å². The van der Waals surface area contributed by atoms with Crippen LogP contribution in [-0.2, 0) is 6.54 Å². The van der Waals surface area contributed by atoms with Crippen LogP contribution in [0.25, 0.3) is 11.0 Å². The van der Waals surface area contributed by atoms with Gasteiger partial charge in [0, 0.05) is 5.69 Å². The summed E-state index contributed by atoms with van der Waals surface area (Å²) in [7, 11) is 0. The van der Waals surface area contributed by atoms with Crippen LogP contribution in [-0.4, -0.2) is 31.1 Å². The normalized spacial score (nSPS) is 10.8. The van der Waals surface area contributed by atoms with Crippen molar-refractivity contribution in [2.75, 3.05) is 0 Å². The molecule has 0 saturated carbocycles. The van der Waals surface area contributed by atoms with E-state index in [-0.39, 0.29) is 5.56 Å². The van der Waals surface area contributed by atoms with E-state index in [1.54, 1.807) is 22.9 Å². The second kappa shape index (κ2) is 4.73. The van der Waals surface area contributed by atoms with Crippen LogP contribution < -0.4 is 0 Å². The first-order valence-corrected chi connectivity index (χ1v) is 6.13. The number of aromatic carboxylic acids is 1. The average Bonchev–Trinajstić information content (AvgIpc) is 2.82. The molecule has 2 aromatic heterocycles. The van der Waals surface area contributed by atoms with Crippen LogP contribution >= 0.6 is 0 Å². The second-order valence-electron chi connectivity index (χ2n) is 4.50. The van der Waals surface area contributed by atoms with Crippen LogP contribution in [0.5, 0.6) is 0 Å². The number of fused-ring (bicyclic) bond motifs is 1. The number of pyridine rings is 1. The van der Waals surface area contributed by atoms with Gasteiger partial charge >= 0.3 is 5.97 Å². The Morgan fingerprint density at radius 3 is 2.80 bits per heavy atom. The number of benzene rings is 1. The van der Waals surface area contributed by atoms with Crippen molar-refractivity contribution >= 4 is 17.0 Å². The number of carboxylic acids is 1. The number of aryl methyl sites for hydroxylation is 1. The minimum atomic E-state index is -0.989. The van der Waals surface area contributed by atoms with Crippen molar-refractivity contribution in [2.24, 2.45) is 0 Å². The molecule has 6 nitrogen and oxygen atoms in total. The van der Waals surface area contributed by atoms with Crippen molar-refractivity contribution in [3.05, 3.63) is 53.3 Å². The highest BCUT2D eigenvalue weighted by Gasteiger charge is 2.14. The summed E-state index contributed by atoms with van der Waals surface area (Å²) in [5.41, 5.74) is 3.00. The zero-order valence-corrected chi connectivity index (χ0v) is 10.8. The molecule has 3 aromatic rings. The maximum absolute atomic E-state index is 11.3. The van der Waals surface area contributed by atoms with E-state index in [4.69, 9.17) is 0 Å². The Bertz CT molecular complexity index is 795. The SMILES string of the molecule is Cc1cccc(Cn2nnc3cccc(C(=O)O)c32)n1. The minimum absolute atomic E-state index is 0.195. The van der Waals surface area contributed by atoms with E-state index >= 15 is 0 Å². The summed E-state index contributed by atoms with van der Waals surface area (Å²) in [6.45, 7) is 2.30. The topological polar surface area (TPSA) is 80.9 Å². The lowest BCUT2D eigenvalue weighted by Gasteiger charge is -2.04. The summed E-state index contributed by atoms with van der Waals surface area (Å²) in [4.78, 5) is 15.7. The first-order valence-electron chi connectivity index (χ1n) is 6.13. The van der Waals surface area contributed by atoms with Gasteiger partial charge in [-0.05, 0) is 31.2 Å².